The Hall–Kier alpha value is -3.29. The molecule has 1 amide bonds. The zero-order chi connectivity index (χ0) is 20.2. The molecule has 8 nitrogen and oxygen atoms in total. The number of rotatable bonds is 4. The third kappa shape index (κ3) is 3.96. The first-order valence-corrected chi connectivity index (χ1v) is 9.81. The predicted molar refractivity (Wildman–Crippen MR) is 107 cm³/mol. The van der Waals surface area contributed by atoms with Crippen molar-refractivity contribution in [3.63, 3.8) is 0 Å². The number of aliphatic imine (C=N–C) groups is 1. The van der Waals surface area contributed by atoms with Gasteiger partial charge in [0, 0.05) is 31.9 Å². The van der Waals surface area contributed by atoms with Crippen LogP contribution >= 0.6 is 0 Å². The molecule has 1 N–H and O–H groups in total. The van der Waals surface area contributed by atoms with Crippen molar-refractivity contribution in [1.82, 2.24) is 10.2 Å². The van der Waals surface area contributed by atoms with Crippen LogP contribution < -0.4 is 10.2 Å². The topological polar surface area (TPSA) is 87.4 Å². The van der Waals surface area contributed by atoms with Crippen LogP contribution in [0.25, 0.3) is 0 Å². The summed E-state index contributed by atoms with van der Waals surface area (Å²) >= 11 is 0. The average molecular weight is 396 g/mol. The number of furan rings is 1. The van der Waals surface area contributed by atoms with Gasteiger partial charge >= 0.3 is 5.97 Å². The van der Waals surface area contributed by atoms with Gasteiger partial charge < -0.3 is 19.0 Å². The van der Waals surface area contributed by atoms with Crippen LogP contribution in [0.3, 0.4) is 0 Å². The third-order valence-electron chi connectivity index (χ3n) is 5.17. The van der Waals surface area contributed by atoms with Gasteiger partial charge in [0.25, 0.3) is 0 Å². The average Bonchev–Trinajstić information content (AvgIpc) is 3.29. The van der Waals surface area contributed by atoms with Crippen LogP contribution in [-0.4, -0.2) is 55.5 Å². The van der Waals surface area contributed by atoms with Crippen molar-refractivity contribution in [3.05, 3.63) is 54.5 Å². The Morgan fingerprint density at radius 1 is 1.14 bits per heavy atom. The summed E-state index contributed by atoms with van der Waals surface area (Å²) in [4.78, 5) is 34.2. The SMILES string of the molecule is CCOC(=O)[C@H]1C(=O)NC(N2CCN(c3ccccc3)CC2)=N[C@@H]1c1ccco1. The smallest absolute Gasteiger partial charge is 0.321 e. The van der Waals surface area contributed by atoms with E-state index in [1.165, 1.54) is 12.0 Å². The monoisotopic (exact) mass is 396 g/mol. The Morgan fingerprint density at radius 3 is 2.52 bits per heavy atom. The number of nitrogens with zero attached hydrogens (tertiary/aromatic N) is 3. The fourth-order valence-corrected chi connectivity index (χ4v) is 3.70. The first-order chi connectivity index (χ1) is 14.2. The molecule has 0 bridgehead atoms. The maximum Gasteiger partial charge on any atom is 0.321 e. The van der Waals surface area contributed by atoms with Crippen LogP contribution in [0.2, 0.25) is 0 Å². The van der Waals surface area contributed by atoms with Crippen molar-refractivity contribution in [1.29, 1.82) is 0 Å². The number of carbonyl (C=O) groups excluding carboxylic acids is 2. The summed E-state index contributed by atoms with van der Waals surface area (Å²) in [5, 5.41) is 2.80. The highest BCUT2D eigenvalue weighted by atomic mass is 16.5. The van der Waals surface area contributed by atoms with Gasteiger partial charge in [-0.3, -0.25) is 14.9 Å². The van der Waals surface area contributed by atoms with Crippen LogP contribution in [0.15, 0.2) is 58.1 Å². The maximum atomic E-state index is 12.8. The second kappa shape index (κ2) is 8.38. The number of ether oxygens (including phenoxy) is 1. The molecule has 0 unspecified atom stereocenters. The van der Waals surface area contributed by atoms with Crippen molar-refractivity contribution < 1.29 is 18.7 Å². The second-order valence-corrected chi connectivity index (χ2v) is 6.94. The number of hydrogen-bond donors (Lipinski definition) is 1. The lowest BCUT2D eigenvalue weighted by atomic mass is 9.95. The molecule has 2 aliphatic heterocycles. The fraction of sp³-hybridized carbons (Fsp3) is 0.381. The number of guanidine groups is 1. The number of hydrogen-bond acceptors (Lipinski definition) is 7. The van der Waals surface area contributed by atoms with E-state index in [9.17, 15) is 9.59 Å². The van der Waals surface area contributed by atoms with Crippen molar-refractivity contribution in [2.24, 2.45) is 10.9 Å². The van der Waals surface area contributed by atoms with Crippen LogP contribution in [0, 0.1) is 5.92 Å². The summed E-state index contributed by atoms with van der Waals surface area (Å²) in [5.74, 6) is -1.12. The van der Waals surface area contributed by atoms with E-state index in [0.29, 0.717) is 24.8 Å². The number of para-hydroxylation sites is 1. The Bertz CT molecular complexity index is 873. The minimum absolute atomic E-state index is 0.200. The predicted octanol–water partition coefficient (Wildman–Crippen LogP) is 1.81. The molecular weight excluding hydrogens is 372 g/mol. The number of esters is 1. The van der Waals surface area contributed by atoms with Gasteiger partial charge in [0.05, 0.1) is 12.9 Å². The highest BCUT2D eigenvalue weighted by molar-refractivity contribution is 6.08. The summed E-state index contributed by atoms with van der Waals surface area (Å²) in [6, 6.07) is 12.9. The van der Waals surface area contributed by atoms with Gasteiger partial charge in [-0.25, -0.2) is 4.99 Å². The minimum Gasteiger partial charge on any atom is -0.467 e. The molecule has 0 saturated carbocycles. The fourth-order valence-electron chi connectivity index (χ4n) is 3.70. The van der Waals surface area contributed by atoms with Gasteiger partial charge in [0.15, 0.2) is 5.92 Å². The van der Waals surface area contributed by atoms with E-state index in [2.05, 4.69) is 27.3 Å². The van der Waals surface area contributed by atoms with Crippen molar-refractivity contribution in [2.45, 2.75) is 13.0 Å². The summed E-state index contributed by atoms with van der Waals surface area (Å²) < 4.78 is 10.6. The van der Waals surface area contributed by atoms with Gasteiger partial charge in [0.1, 0.15) is 11.8 Å². The van der Waals surface area contributed by atoms with Crippen LogP contribution in [0.4, 0.5) is 5.69 Å². The van der Waals surface area contributed by atoms with E-state index in [0.717, 1.165) is 13.1 Å². The number of carbonyl (C=O) groups is 2. The first-order valence-electron chi connectivity index (χ1n) is 9.81. The normalized spacial score (nSPS) is 22.1. The molecule has 0 aliphatic carbocycles. The van der Waals surface area contributed by atoms with E-state index in [1.54, 1.807) is 19.1 Å². The number of anilines is 1. The Balaban J connectivity index is 1.53. The van der Waals surface area contributed by atoms with Gasteiger partial charge in [-0.2, -0.15) is 0 Å². The Labute approximate surface area is 169 Å². The maximum absolute atomic E-state index is 12.8. The van der Waals surface area contributed by atoms with E-state index < -0.39 is 23.8 Å². The van der Waals surface area contributed by atoms with Gasteiger partial charge in [-0.15, -0.1) is 0 Å². The lowest BCUT2D eigenvalue weighted by Crippen LogP contribution is -2.57. The minimum atomic E-state index is -1.06. The first kappa shape index (κ1) is 19.0. The largest absolute Gasteiger partial charge is 0.467 e. The van der Waals surface area contributed by atoms with E-state index in [4.69, 9.17) is 9.15 Å². The highest BCUT2D eigenvalue weighted by Gasteiger charge is 2.43. The van der Waals surface area contributed by atoms with Crippen molar-refractivity contribution >= 4 is 23.5 Å². The molecule has 4 rings (SSSR count). The molecule has 2 aromatic rings. The third-order valence-corrected chi connectivity index (χ3v) is 5.17. The van der Waals surface area contributed by atoms with Crippen LogP contribution in [-0.2, 0) is 14.3 Å². The standard InChI is InChI=1S/C21H24N4O4/c1-2-28-20(27)17-18(16-9-6-14-29-16)22-21(23-19(17)26)25-12-10-24(11-13-25)15-7-4-3-5-8-15/h3-9,14,17-18H,2,10-13H2,1H3,(H,22,23,26)/t17-,18-/m1/s1. The molecule has 0 radical (unpaired) electrons. The molecule has 152 valence electrons. The number of benzene rings is 1. The quantitative estimate of drug-likeness (QED) is 0.627. The number of nitrogens with one attached hydrogen (secondary N) is 1. The van der Waals surface area contributed by atoms with E-state index in [-0.39, 0.29) is 6.61 Å². The molecule has 3 heterocycles. The Kier molecular flexibility index (Phi) is 5.50. The summed E-state index contributed by atoms with van der Waals surface area (Å²) in [6.45, 7) is 4.95. The molecule has 1 aromatic heterocycles. The number of piperazine rings is 1. The molecular formula is C21H24N4O4. The lowest BCUT2D eigenvalue weighted by Gasteiger charge is -2.39. The molecule has 29 heavy (non-hydrogen) atoms. The van der Waals surface area contributed by atoms with Crippen LogP contribution in [0.5, 0.6) is 0 Å². The highest BCUT2D eigenvalue weighted by Crippen LogP contribution is 2.31. The molecule has 1 aromatic carbocycles. The van der Waals surface area contributed by atoms with E-state index >= 15 is 0 Å². The lowest BCUT2D eigenvalue weighted by molar-refractivity contribution is -0.153. The summed E-state index contributed by atoms with van der Waals surface area (Å²) in [7, 11) is 0. The summed E-state index contributed by atoms with van der Waals surface area (Å²) in [6.07, 6.45) is 1.51. The van der Waals surface area contributed by atoms with Gasteiger partial charge in [-0.1, -0.05) is 18.2 Å². The van der Waals surface area contributed by atoms with Crippen molar-refractivity contribution in [2.75, 3.05) is 37.7 Å². The van der Waals surface area contributed by atoms with E-state index in [1.807, 2.05) is 23.1 Å². The molecule has 8 heteroatoms. The number of amides is 1. The molecule has 0 spiro atoms. The second-order valence-electron chi connectivity index (χ2n) is 6.94. The zero-order valence-electron chi connectivity index (χ0n) is 16.3. The Morgan fingerprint density at radius 2 is 1.86 bits per heavy atom. The summed E-state index contributed by atoms with van der Waals surface area (Å²) in [5.41, 5.74) is 1.18. The van der Waals surface area contributed by atoms with Crippen LogP contribution in [0.1, 0.15) is 18.7 Å². The zero-order valence-corrected chi connectivity index (χ0v) is 16.3. The molecule has 1 fully saturated rings. The molecule has 2 atom stereocenters. The van der Waals surface area contributed by atoms with Gasteiger partial charge in [-0.05, 0) is 31.2 Å². The van der Waals surface area contributed by atoms with Crippen molar-refractivity contribution in [3.8, 4) is 0 Å². The molecule has 2 aliphatic rings. The molecule has 1 saturated heterocycles. The van der Waals surface area contributed by atoms with Gasteiger partial charge in [0.2, 0.25) is 11.9 Å².